The van der Waals surface area contributed by atoms with Crippen LogP contribution in [0.1, 0.15) is 47.0 Å². The molecular formula is C17H27N. The molecular weight excluding hydrogens is 218 g/mol. The molecule has 0 saturated carbocycles. The summed E-state index contributed by atoms with van der Waals surface area (Å²) in [6, 6.07) is 0. The van der Waals surface area contributed by atoms with Crippen molar-refractivity contribution < 1.29 is 0 Å². The van der Waals surface area contributed by atoms with Crippen molar-refractivity contribution in [3.8, 4) is 0 Å². The molecule has 1 N–H and O–H groups in total. The molecule has 0 spiro atoms. The molecule has 0 radical (unpaired) electrons. The molecule has 18 heavy (non-hydrogen) atoms. The van der Waals surface area contributed by atoms with E-state index in [-0.39, 0.29) is 5.41 Å². The molecule has 1 nitrogen and oxygen atoms in total. The summed E-state index contributed by atoms with van der Waals surface area (Å²) in [6.45, 7) is 9.00. The fourth-order valence-electron chi connectivity index (χ4n) is 2.19. The lowest BCUT2D eigenvalue weighted by atomic mass is 9.83. The van der Waals surface area contributed by atoms with E-state index in [2.05, 4.69) is 63.4 Å². The van der Waals surface area contributed by atoms with E-state index in [0.717, 1.165) is 19.3 Å². The fourth-order valence-corrected chi connectivity index (χ4v) is 2.19. The maximum atomic E-state index is 3.35. The highest BCUT2D eigenvalue weighted by Gasteiger charge is 2.19. The Kier molecular flexibility index (Phi) is 5.46. The first-order chi connectivity index (χ1) is 8.45. The van der Waals surface area contributed by atoms with Crippen molar-refractivity contribution in [2.24, 2.45) is 5.41 Å². The van der Waals surface area contributed by atoms with Crippen molar-refractivity contribution in [1.82, 2.24) is 5.32 Å². The highest BCUT2D eigenvalue weighted by Crippen LogP contribution is 2.31. The van der Waals surface area contributed by atoms with E-state index in [1.165, 1.54) is 16.8 Å². The first-order valence-electron chi connectivity index (χ1n) is 6.87. The average Bonchev–Trinajstić information content (AvgIpc) is 2.32. The van der Waals surface area contributed by atoms with Crippen LogP contribution in [-0.2, 0) is 0 Å². The maximum absolute atomic E-state index is 3.35. The van der Waals surface area contributed by atoms with Gasteiger partial charge in [-0.25, -0.2) is 0 Å². The highest BCUT2D eigenvalue weighted by molar-refractivity contribution is 5.35. The minimum absolute atomic E-state index is 0.186. The number of likely N-dealkylation sites (N-methyl/N-ethyl adjacent to an activating group) is 1. The van der Waals surface area contributed by atoms with Crippen molar-refractivity contribution in [2.45, 2.75) is 47.0 Å². The summed E-state index contributed by atoms with van der Waals surface area (Å²) in [5.41, 5.74) is 4.23. The molecule has 0 aliphatic heterocycles. The number of hydrogen-bond donors (Lipinski definition) is 1. The number of nitrogens with one attached hydrogen (secondary N) is 1. The molecule has 0 unspecified atom stereocenters. The first kappa shape index (κ1) is 14.8. The van der Waals surface area contributed by atoms with Gasteiger partial charge in [0.15, 0.2) is 0 Å². The summed E-state index contributed by atoms with van der Waals surface area (Å²) in [4.78, 5) is 0. The maximum Gasteiger partial charge on any atom is 0.0334 e. The lowest BCUT2D eigenvalue weighted by Crippen LogP contribution is -2.19. The topological polar surface area (TPSA) is 12.0 Å². The molecule has 0 saturated heterocycles. The van der Waals surface area contributed by atoms with Gasteiger partial charge in [0.1, 0.15) is 0 Å². The second-order valence-electron chi connectivity index (χ2n) is 5.90. The Balaban J connectivity index is 3.08. The summed E-state index contributed by atoms with van der Waals surface area (Å²) < 4.78 is 0. The van der Waals surface area contributed by atoms with E-state index in [4.69, 9.17) is 0 Å². The summed E-state index contributed by atoms with van der Waals surface area (Å²) in [5.74, 6) is 0. The van der Waals surface area contributed by atoms with E-state index in [1.807, 2.05) is 7.05 Å². The third kappa shape index (κ3) is 4.56. The molecule has 1 aliphatic carbocycles. The number of allylic oxidation sites excluding steroid dienone is 7. The second kappa shape index (κ2) is 6.63. The first-order valence-corrected chi connectivity index (χ1v) is 6.87. The summed E-state index contributed by atoms with van der Waals surface area (Å²) in [6.07, 6.45) is 14.7. The minimum Gasteiger partial charge on any atom is -0.388 e. The van der Waals surface area contributed by atoms with Crippen LogP contribution in [0, 0.1) is 5.41 Å². The molecule has 1 heteroatoms. The van der Waals surface area contributed by atoms with E-state index in [1.54, 1.807) is 0 Å². The zero-order valence-electron chi connectivity index (χ0n) is 12.5. The van der Waals surface area contributed by atoms with Crippen molar-refractivity contribution in [3.05, 3.63) is 47.2 Å². The van der Waals surface area contributed by atoms with Gasteiger partial charge in [0.25, 0.3) is 0 Å². The standard InChI is InChI=1S/C17H27N/c1-14-10-7-6-8-12-15(17(2,3)4)16(18-5)13-9-11-14/h7,10-13,18H,6,8-9H2,1-5H3/b10-7-,14-11+,15-12?,16-13?. The van der Waals surface area contributed by atoms with Crippen molar-refractivity contribution in [1.29, 1.82) is 0 Å². The summed E-state index contributed by atoms with van der Waals surface area (Å²) in [7, 11) is 2.01. The Bertz CT molecular complexity index is 386. The summed E-state index contributed by atoms with van der Waals surface area (Å²) in [5, 5.41) is 3.35. The number of rotatable bonds is 1. The van der Waals surface area contributed by atoms with Gasteiger partial charge in [-0.3, -0.25) is 0 Å². The van der Waals surface area contributed by atoms with Crippen molar-refractivity contribution in [3.63, 3.8) is 0 Å². The predicted molar refractivity (Wildman–Crippen MR) is 81.4 cm³/mol. The molecule has 100 valence electrons. The van der Waals surface area contributed by atoms with Crippen LogP contribution in [0.25, 0.3) is 0 Å². The molecule has 0 amide bonds. The Hall–Kier alpha value is -1.24. The second-order valence-corrected chi connectivity index (χ2v) is 5.90. The fraction of sp³-hybridized carbons (Fsp3) is 0.529. The molecule has 0 atom stereocenters. The quantitative estimate of drug-likeness (QED) is 0.703. The molecule has 1 aliphatic rings. The van der Waals surface area contributed by atoms with Gasteiger partial charge >= 0.3 is 0 Å². The van der Waals surface area contributed by atoms with Gasteiger partial charge in [-0.1, -0.05) is 56.7 Å². The minimum atomic E-state index is 0.186. The largest absolute Gasteiger partial charge is 0.388 e. The van der Waals surface area contributed by atoms with Gasteiger partial charge in [-0.15, -0.1) is 0 Å². The Labute approximate surface area is 112 Å². The lowest BCUT2D eigenvalue weighted by Gasteiger charge is -2.26. The van der Waals surface area contributed by atoms with E-state index in [9.17, 15) is 0 Å². The molecule has 1 rings (SSSR count). The normalized spacial score (nSPS) is 23.1. The third-order valence-electron chi connectivity index (χ3n) is 3.19. The molecule has 0 aromatic heterocycles. The highest BCUT2D eigenvalue weighted by atomic mass is 14.8. The molecule has 0 bridgehead atoms. The average molecular weight is 245 g/mol. The van der Waals surface area contributed by atoms with Crippen molar-refractivity contribution in [2.75, 3.05) is 7.05 Å². The smallest absolute Gasteiger partial charge is 0.0334 e. The predicted octanol–water partition coefficient (Wildman–Crippen LogP) is 4.75. The van der Waals surface area contributed by atoms with Crippen LogP contribution in [0.5, 0.6) is 0 Å². The SMILES string of the molecule is CNC1=CC/C=C(C)/C=C\CCC=C1C(C)(C)C. The molecule has 0 fully saturated rings. The third-order valence-corrected chi connectivity index (χ3v) is 3.19. The van der Waals surface area contributed by atoms with Gasteiger partial charge in [0, 0.05) is 12.7 Å². The Morgan fingerprint density at radius 3 is 2.39 bits per heavy atom. The lowest BCUT2D eigenvalue weighted by molar-refractivity contribution is 0.501. The molecule has 0 aromatic rings. The van der Waals surface area contributed by atoms with Gasteiger partial charge in [0.05, 0.1) is 0 Å². The van der Waals surface area contributed by atoms with E-state index >= 15 is 0 Å². The van der Waals surface area contributed by atoms with E-state index in [0.29, 0.717) is 0 Å². The number of hydrogen-bond acceptors (Lipinski definition) is 1. The zero-order chi connectivity index (χ0) is 13.6. The van der Waals surface area contributed by atoms with Crippen LogP contribution in [-0.4, -0.2) is 7.05 Å². The van der Waals surface area contributed by atoms with Gasteiger partial charge in [-0.2, -0.15) is 0 Å². The molecule has 0 aromatic carbocycles. The van der Waals surface area contributed by atoms with Crippen LogP contribution in [0.3, 0.4) is 0 Å². The Morgan fingerprint density at radius 2 is 1.78 bits per heavy atom. The van der Waals surface area contributed by atoms with E-state index < -0.39 is 0 Å². The summed E-state index contributed by atoms with van der Waals surface area (Å²) >= 11 is 0. The monoisotopic (exact) mass is 245 g/mol. The molecule has 0 heterocycles. The van der Waals surface area contributed by atoms with Crippen molar-refractivity contribution >= 4 is 0 Å². The van der Waals surface area contributed by atoms with Gasteiger partial charge in [-0.05, 0) is 37.2 Å². The van der Waals surface area contributed by atoms with Crippen LogP contribution in [0.15, 0.2) is 47.2 Å². The van der Waals surface area contributed by atoms with Crippen LogP contribution in [0.2, 0.25) is 0 Å². The van der Waals surface area contributed by atoms with Gasteiger partial charge < -0.3 is 5.32 Å². The van der Waals surface area contributed by atoms with Crippen LogP contribution in [0.4, 0.5) is 0 Å². The van der Waals surface area contributed by atoms with Gasteiger partial charge in [0.2, 0.25) is 0 Å². The Morgan fingerprint density at radius 1 is 1.06 bits per heavy atom. The zero-order valence-corrected chi connectivity index (χ0v) is 12.5. The van der Waals surface area contributed by atoms with Crippen LogP contribution < -0.4 is 5.32 Å². The van der Waals surface area contributed by atoms with Crippen LogP contribution >= 0.6 is 0 Å².